The predicted octanol–water partition coefficient (Wildman–Crippen LogP) is 3.22. The highest BCUT2D eigenvalue weighted by Crippen LogP contribution is 2.25. The number of nitrogens with one attached hydrogen (secondary N) is 1. The first kappa shape index (κ1) is 25.3. The Bertz CT molecular complexity index is 961. The van der Waals surface area contributed by atoms with Crippen LogP contribution in [0.2, 0.25) is 0 Å². The van der Waals surface area contributed by atoms with Gasteiger partial charge in [0.1, 0.15) is 12.4 Å². The Morgan fingerprint density at radius 3 is 2.31 bits per heavy atom. The highest BCUT2D eigenvalue weighted by Gasteiger charge is 2.18. The molecule has 0 aromatic heterocycles. The number of amides is 1. The van der Waals surface area contributed by atoms with E-state index in [9.17, 15) is 13.2 Å². The Balaban J connectivity index is 1.79. The molecule has 2 aromatic carbocycles. The second-order valence-corrected chi connectivity index (χ2v) is 9.36. The van der Waals surface area contributed by atoms with Crippen molar-refractivity contribution < 1.29 is 27.4 Å². The number of nitrogens with zero attached hydrogens (tertiary/aromatic N) is 1. The van der Waals surface area contributed by atoms with Crippen molar-refractivity contribution in [1.29, 1.82) is 0 Å². The molecule has 0 heterocycles. The van der Waals surface area contributed by atoms with E-state index in [2.05, 4.69) is 5.32 Å². The molecule has 8 nitrogen and oxygen atoms in total. The summed E-state index contributed by atoms with van der Waals surface area (Å²) in [7, 11) is -1.91. The third-order valence-electron chi connectivity index (χ3n) is 4.41. The number of benzene rings is 2. The molecule has 1 amide bonds. The van der Waals surface area contributed by atoms with Gasteiger partial charge in [-0.1, -0.05) is 12.1 Å². The predicted molar refractivity (Wildman–Crippen MR) is 125 cm³/mol. The molecule has 0 fully saturated rings. The highest BCUT2D eigenvalue weighted by molar-refractivity contribution is 7.92. The molecule has 0 saturated carbocycles. The van der Waals surface area contributed by atoms with Crippen LogP contribution in [0.15, 0.2) is 48.5 Å². The van der Waals surface area contributed by atoms with E-state index >= 15 is 0 Å². The first-order valence-electron chi connectivity index (χ1n) is 10.5. The maximum absolute atomic E-state index is 12.2. The number of carbonyl (C=O) groups is 1. The third-order valence-corrected chi connectivity index (χ3v) is 5.61. The molecular weight excluding hydrogens is 432 g/mol. The maximum Gasteiger partial charge on any atom is 0.232 e. The van der Waals surface area contributed by atoms with Gasteiger partial charge in [0.05, 0.1) is 31.7 Å². The molecule has 0 bridgehead atoms. The van der Waals surface area contributed by atoms with Crippen molar-refractivity contribution in [2.75, 3.05) is 37.4 Å². The fourth-order valence-corrected chi connectivity index (χ4v) is 3.98. The molecule has 0 aliphatic heterocycles. The second-order valence-electron chi connectivity index (χ2n) is 7.45. The van der Waals surface area contributed by atoms with E-state index in [1.807, 2.05) is 26.0 Å². The van der Waals surface area contributed by atoms with Gasteiger partial charge < -0.3 is 19.5 Å². The van der Waals surface area contributed by atoms with Gasteiger partial charge in [-0.25, -0.2) is 8.42 Å². The molecule has 2 rings (SSSR count). The van der Waals surface area contributed by atoms with Gasteiger partial charge in [-0.2, -0.15) is 0 Å². The van der Waals surface area contributed by atoms with E-state index in [-0.39, 0.29) is 25.0 Å². The third kappa shape index (κ3) is 8.30. The Morgan fingerprint density at radius 1 is 1.06 bits per heavy atom. The lowest BCUT2D eigenvalue weighted by molar-refractivity contribution is -0.121. The van der Waals surface area contributed by atoms with Gasteiger partial charge in [0.2, 0.25) is 15.9 Å². The zero-order valence-corrected chi connectivity index (χ0v) is 19.9. The summed E-state index contributed by atoms with van der Waals surface area (Å²) in [5.74, 6) is 1.75. The van der Waals surface area contributed by atoms with Crippen LogP contribution in [0.3, 0.4) is 0 Å². The second kappa shape index (κ2) is 12.2. The number of para-hydroxylation sites is 2. The molecule has 0 atom stereocenters. The molecule has 0 spiro atoms. The SMILES string of the molecule is COc1ccccc1OCCNC(=O)CCCN(c1ccc(OC(C)C)cc1)S(C)(=O)=O. The van der Waals surface area contributed by atoms with Crippen molar-refractivity contribution in [2.24, 2.45) is 0 Å². The summed E-state index contributed by atoms with van der Waals surface area (Å²) in [6, 6.07) is 14.2. The molecule has 9 heteroatoms. The zero-order valence-electron chi connectivity index (χ0n) is 19.0. The van der Waals surface area contributed by atoms with Gasteiger partial charge in [0, 0.05) is 13.0 Å². The molecule has 176 valence electrons. The minimum atomic E-state index is -3.48. The lowest BCUT2D eigenvalue weighted by atomic mass is 10.2. The molecule has 0 aliphatic carbocycles. The monoisotopic (exact) mass is 464 g/mol. The van der Waals surface area contributed by atoms with Crippen LogP contribution >= 0.6 is 0 Å². The summed E-state index contributed by atoms with van der Waals surface area (Å²) < 4.78 is 42.2. The molecule has 0 saturated heterocycles. The fourth-order valence-electron chi connectivity index (χ4n) is 3.01. The van der Waals surface area contributed by atoms with Crippen LogP contribution in [0, 0.1) is 0 Å². The average Bonchev–Trinajstić information content (AvgIpc) is 2.74. The molecule has 2 aromatic rings. The molecule has 0 radical (unpaired) electrons. The molecule has 0 aliphatic rings. The van der Waals surface area contributed by atoms with Crippen LogP contribution in [-0.4, -0.2) is 53.5 Å². The number of ether oxygens (including phenoxy) is 3. The summed E-state index contributed by atoms with van der Waals surface area (Å²) >= 11 is 0. The number of sulfonamides is 1. The van der Waals surface area contributed by atoms with Crippen LogP contribution in [-0.2, 0) is 14.8 Å². The first-order valence-corrected chi connectivity index (χ1v) is 12.3. The summed E-state index contributed by atoms with van der Waals surface area (Å²) in [5.41, 5.74) is 0.536. The summed E-state index contributed by atoms with van der Waals surface area (Å²) in [6.45, 7) is 4.68. The summed E-state index contributed by atoms with van der Waals surface area (Å²) in [5, 5.41) is 2.78. The minimum absolute atomic E-state index is 0.0329. The van der Waals surface area contributed by atoms with E-state index in [0.29, 0.717) is 42.5 Å². The van der Waals surface area contributed by atoms with Crippen LogP contribution in [0.1, 0.15) is 26.7 Å². The van der Waals surface area contributed by atoms with Gasteiger partial charge in [0.25, 0.3) is 0 Å². The van der Waals surface area contributed by atoms with Crippen LogP contribution in [0.25, 0.3) is 0 Å². The standard InChI is InChI=1S/C23H32N2O6S/c1-18(2)31-20-13-11-19(12-14-20)25(32(4,27)28)16-7-10-23(26)24-15-17-30-22-9-6-5-8-21(22)29-3/h5-6,8-9,11-14,18H,7,10,15-17H2,1-4H3,(H,24,26). The van der Waals surface area contributed by atoms with Crippen LogP contribution in [0.5, 0.6) is 17.2 Å². The fraction of sp³-hybridized carbons (Fsp3) is 0.435. The normalized spacial score (nSPS) is 11.2. The van der Waals surface area contributed by atoms with Crippen LogP contribution in [0.4, 0.5) is 5.69 Å². The maximum atomic E-state index is 12.2. The Labute approximate surface area is 190 Å². The molecule has 32 heavy (non-hydrogen) atoms. The van der Waals surface area contributed by atoms with Gasteiger partial charge >= 0.3 is 0 Å². The number of rotatable bonds is 13. The number of hydrogen-bond donors (Lipinski definition) is 1. The van der Waals surface area contributed by atoms with Gasteiger partial charge in [0.15, 0.2) is 11.5 Å². The molecular formula is C23H32N2O6S. The van der Waals surface area contributed by atoms with Crippen LogP contribution < -0.4 is 23.8 Å². The van der Waals surface area contributed by atoms with Crippen molar-refractivity contribution >= 4 is 21.6 Å². The Hall–Kier alpha value is -2.94. The van der Waals surface area contributed by atoms with Gasteiger partial charge in [-0.15, -0.1) is 0 Å². The van der Waals surface area contributed by atoms with Crippen molar-refractivity contribution in [1.82, 2.24) is 5.32 Å². The highest BCUT2D eigenvalue weighted by atomic mass is 32.2. The number of methoxy groups -OCH3 is 1. The van der Waals surface area contributed by atoms with Crippen molar-refractivity contribution in [3.8, 4) is 17.2 Å². The van der Waals surface area contributed by atoms with E-state index < -0.39 is 10.0 Å². The largest absolute Gasteiger partial charge is 0.493 e. The summed E-state index contributed by atoms with van der Waals surface area (Å²) in [6.07, 6.45) is 1.78. The molecule has 1 N–H and O–H groups in total. The first-order chi connectivity index (χ1) is 15.2. The quantitative estimate of drug-likeness (QED) is 0.458. The van der Waals surface area contributed by atoms with Crippen molar-refractivity contribution in [3.05, 3.63) is 48.5 Å². The average molecular weight is 465 g/mol. The minimum Gasteiger partial charge on any atom is -0.493 e. The Morgan fingerprint density at radius 2 is 1.72 bits per heavy atom. The van der Waals surface area contributed by atoms with Gasteiger partial charge in [-0.3, -0.25) is 9.10 Å². The summed E-state index contributed by atoms with van der Waals surface area (Å²) in [4.78, 5) is 12.1. The zero-order chi connectivity index (χ0) is 23.6. The lowest BCUT2D eigenvalue weighted by Gasteiger charge is -2.22. The van der Waals surface area contributed by atoms with E-state index in [1.165, 1.54) is 4.31 Å². The number of carbonyl (C=O) groups excluding carboxylic acids is 1. The van der Waals surface area contributed by atoms with Crippen molar-refractivity contribution in [3.63, 3.8) is 0 Å². The Kier molecular flexibility index (Phi) is 9.64. The topological polar surface area (TPSA) is 94.2 Å². The van der Waals surface area contributed by atoms with Gasteiger partial charge in [-0.05, 0) is 56.7 Å². The van der Waals surface area contributed by atoms with E-state index in [0.717, 1.165) is 6.26 Å². The van der Waals surface area contributed by atoms with Crippen molar-refractivity contribution in [2.45, 2.75) is 32.8 Å². The van der Waals surface area contributed by atoms with E-state index in [4.69, 9.17) is 14.2 Å². The smallest absolute Gasteiger partial charge is 0.232 e. The van der Waals surface area contributed by atoms with E-state index in [1.54, 1.807) is 43.5 Å². The lowest BCUT2D eigenvalue weighted by Crippen LogP contribution is -2.32. The number of hydrogen-bond acceptors (Lipinski definition) is 6. The molecule has 0 unspecified atom stereocenters. The number of anilines is 1.